The third-order valence-corrected chi connectivity index (χ3v) is 4.70. The van der Waals surface area contributed by atoms with E-state index in [4.69, 9.17) is 5.73 Å². The molecule has 7 heteroatoms. The molecule has 0 bridgehead atoms. The normalized spacial score (nSPS) is 13.7. The summed E-state index contributed by atoms with van der Waals surface area (Å²) in [6.45, 7) is 2.06. The lowest BCUT2D eigenvalue weighted by Gasteiger charge is -2.09. The highest BCUT2D eigenvalue weighted by Gasteiger charge is 2.18. The number of hydrogen-bond donors (Lipinski definition) is 4. The molecule has 1 aromatic carbocycles. The van der Waals surface area contributed by atoms with Crippen LogP contribution in [0.4, 0.5) is 5.69 Å². The van der Waals surface area contributed by atoms with E-state index in [1.165, 1.54) is 6.20 Å². The van der Waals surface area contributed by atoms with Gasteiger partial charge in [0.25, 0.3) is 0 Å². The van der Waals surface area contributed by atoms with Crippen LogP contribution in [-0.2, 0) is 10.0 Å². The number of aliphatic hydroxyl groups is 1. The highest BCUT2D eigenvalue weighted by atomic mass is 32.2. The fourth-order valence-corrected chi connectivity index (χ4v) is 3.20. The Hall–Kier alpha value is -1.57. The minimum absolute atomic E-state index is 0.193. The van der Waals surface area contributed by atoms with Crippen molar-refractivity contribution in [3.63, 3.8) is 0 Å². The van der Waals surface area contributed by atoms with Crippen LogP contribution in [0.15, 0.2) is 29.3 Å². The molecule has 110 valence electrons. The van der Waals surface area contributed by atoms with Crippen molar-refractivity contribution in [3.05, 3.63) is 24.4 Å². The second-order valence-electron chi connectivity index (χ2n) is 4.71. The number of nitrogens with one attached hydrogen (secondary N) is 2. The van der Waals surface area contributed by atoms with Gasteiger partial charge in [-0.1, -0.05) is 6.92 Å². The Morgan fingerprint density at radius 1 is 1.45 bits per heavy atom. The van der Waals surface area contributed by atoms with Gasteiger partial charge < -0.3 is 15.8 Å². The minimum Gasteiger partial charge on any atom is -0.399 e. The van der Waals surface area contributed by atoms with Gasteiger partial charge in [0.15, 0.2) is 0 Å². The van der Waals surface area contributed by atoms with Gasteiger partial charge >= 0.3 is 0 Å². The molecule has 1 atom stereocenters. The van der Waals surface area contributed by atoms with Crippen LogP contribution in [0.1, 0.15) is 19.8 Å². The number of hydrogen-bond acceptors (Lipinski definition) is 4. The Balaban J connectivity index is 2.19. The van der Waals surface area contributed by atoms with Gasteiger partial charge in [-0.05, 0) is 31.0 Å². The number of sulfonamides is 1. The largest absolute Gasteiger partial charge is 0.399 e. The maximum absolute atomic E-state index is 12.2. The number of benzene rings is 1. The Bertz CT molecular complexity index is 694. The van der Waals surface area contributed by atoms with Gasteiger partial charge in [-0.2, -0.15) is 0 Å². The van der Waals surface area contributed by atoms with Gasteiger partial charge in [0, 0.05) is 29.3 Å². The first-order valence-corrected chi connectivity index (χ1v) is 7.96. The summed E-state index contributed by atoms with van der Waals surface area (Å²) in [6.07, 6.45) is 1.96. The van der Waals surface area contributed by atoms with Crippen molar-refractivity contribution < 1.29 is 13.5 Å². The van der Waals surface area contributed by atoms with E-state index in [1.54, 1.807) is 18.2 Å². The van der Waals surface area contributed by atoms with Crippen LogP contribution in [-0.4, -0.2) is 31.2 Å². The summed E-state index contributed by atoms with van der Waals surface area (Å²) in [5.74, 6) is 0. The Labute approximate surface area is 118 Å². The monoisotopic (exact) mass is 297 g/mol. The molecule has 1 unspecified atom stereocenters. The predicted octanol–water partition coefficient (Wildman–Crippen LogP) is 1.19. The number of nitrogens with two attached hydrogens (primary N) is 1. The van der Waals surface area contributed by atoms with E-state index in [-0.39, 0.29) is 11.4 Å². The lowest BCUT2D eigenvalue weighted by atomic mass is 10.2. The number of aromatic nitrogens is 1. The van der Waals surface area contributed by atoms with Gasteiger partial charge in [0.2, 0.25) is 10.0 Å². The SMILES string of the molecule is CCC(O)CCNS(=O)(=O)c1c[nH]c2cc(N)ccc12. The number of aliphatic hydroxyl groups excluding tert-OH is 1. The van der Waals surface area contributed by atoms with Crippen molar-refractivity contribution >= 4 is 26.6 Å². The molecule has 2 aromatic rings. The van der Waals surface area contributed by atoms with E-state index in [0.717, 1.165) is 0 Å². The van der Waals surface area contributed by atoms with Crippen molar-refractivity contribution in [1.82, 2.24) is 9.71 Å². The molecular formula is C13H19N3O3S. The third-order valence-electron chi connectivity index (χ3n) is 3.20. The van der Waals surface area contributed by atoms with Crippen molar-refractivity contribution in [3.8, 4) is 0 Å². The first kappa shape index (κ1) is 14.8. The number of rotatable bonds is 6. The molecule has 0 aliphatic carbocycles. The second-order valence-corrected chi connectivity index (χ2v) is 6.44. The first-order chi connectivity index (χ1) is 9.44. The lowest BCUT2D eigenvalue weighted by molar-refractivity contribution is 0.162. The van der Waals surface area contributed by atoms with Crippen LogP contribution in [0.5, 0.6) is 0 Å². The fourth-order valence-electron chi connectivity index (χ4n) is 1.98. The van der Waals surface area contributed by atoms with E-state index in [0.29, 0.717) is 29.4 Å². The number of anilines is 1. The summed E-state index contributed by atoms with van der Waals surface area (Å²) in [4.78, 5) is 3.09. The molecule has 20 heavy (non-hydrogen) atoms. The van der Waals surface area contributed by atoms with E-state index in [9.17, 15) is 13.5 Å². The van der Waals surface area contributed by atoms with E-state index in [1.807, 2.05) is 6.92 Å². The molecule has 0 fully saturated rings. The fraction of sp³-hybridized carbons (Fsp3) is 0.385. The molecule has 0 spiro atoms. The number of H-pyrrole nitrogens is 1. The average Bonchev–Trinajstić information content (AvgIpc) is 2.81. The van der Waals surface area contributed by atoms with Gasteiger partial charge in [0.1, 0.15) is 4.90 Å². The zero-order chi connectivity index (χ0) is 14.8. The van der Waals surface area contributed by atoms with Crippen LogP contribution >= 0.6 is 0 Å². The minimum atomic E-state index is -3.59. The molecule has 1 heterocycles. The van der Waals surface area contributed by atoms with Gasteiger partial charge in [0.05, 0.1) is 6.10 Å². The molecule has 0 saturated carbocycles. The number of fused-ring (bicyclic) bond motifs is 1. The molecule has 0 aliphatic rings. The van der Waals surface area contributed by atoms with Crippen molar-refractivity contribution in [1.29, 1.82) is 0 Å². The number of aromatic amines is 1. The smallest absolute Gasteiger partial charge is 0.242 e. The summed E-state index contributed by atoms with van der Waals surface area (Å²) in [7, 11) is -3.59. The molecule has 0 saturated heterocycles. The molecule has 0 aliphatic heterocycles. The summed E-state index contributed by atoms with van der Waals surface area (Å²) in [5.41, 5.74) is 6.91. The van der Waals surface area contributed by atoms with E-state index < -0.39 is 16.1 Å². The van der Waals surface area contributed by atoms with Crippen LogP contribution in [0.3, 0.4) is 0 Å². The van der Waals surface area contributed by atoms with E-state index >= 15 is 0 Å². The zero-order valence-electron chi connectivity index (χ0n) is 11.3. The topological polar surface area (TPSA) is 108 Å². The summed E-state index contributed by atoms with van der Waals surface area (Å²) in [5, 5.41) is 10.0. The summed E-state index contributed by atoms with van der Waals surface area (Å²) >= 11 is 0. The van der Waals surface area contributed by atoms with Gasteiger partial charge in [-0.25, -0.2) is 13.1 Å². The lowest BCUT2D eigenvalue weighted by Crippen LogP contribution is -2.27. The maximum Gasteiger partial charge on any atom is 0.242 e. The maximum atomic E-state index is 12.2. The standard InChI is InChI=1S/C13H19N3O3S/c1-2-10(17)5-6-16-20(18,19)13-8-15-12-7-9(14)3-4-11(12)13/h3-4,7-8,10,15-17H,2,5-6,14H2,1H3. The van der Waals surface area contributed by atoms with Crippen LogP contribution in [0.25, 0.3) is 10.9 Å². The highest BCUT2D eigenvalue weighted by molar-refractivity contribution is 7.89. The molecule has 6 nitrogen and oxygen atoms in total. The van der Waals surface area contributed by atoms with Crippen molar-refractivity contribution in [2.24, 2.45) is 0 Å². The van der Waals surface area contributed by atoms with Crippen molar-refractivity contribution in [2.45, 2.75) is 30.8 Å². The predicted molar refractivity (Wildman–Crippen MR) is 78.8 cm³/mol. The quantitative estimate of drug-likeness (QED) is 0.600. The molecule has 1 aromatic heterocycles. The van der Waals surface area contributed by atoms with Gasteiger partial charge in [-0.15, -0.1) is 0 Å². The Morgan fingerprint density at radius 2 is 2.20 bits per heavy atom. The molecule has 0 radical (unpaired) electrons. The molecule has 0 amide bonds. The first-order valence-electron chi connectivity index (χ1n) is 6.48. The summed E-state index contributed by atoms with van der Waals surface area (Å²) in [6, 6.07) is 5.03. The van der Waals surface area contributed by atoms with Crippen molar-refractivity contribution in [2.75, 3.05) is 12.3 Å². The third kappa shape index (κ3) is 3.12. The molecule has 5 N–H and O–H groups in total. The summed E-state index contributed by atoms with van der Waals surface area (Å²) < 4.78 is 26.9. The second kappa shape index (κ2) is 5.82. The molecular weight excluding hydrogens is 278 g/mol. The highest BCUT2D eigenvalue weighted by Crippen LogP contribution is 2.24. The van der Waals surface area contributed by atoms with Crippen LogP contribution in [0.2, 0.25) is 0 Å². The zero-order valence-corrected chi connectivity index (χ0v) is 12.1. The average molecular weight is 297 g/mol. The van der Waals surface area contributed by atoms with Crippen LogP contribution in [0, 0.1) is 0 Å². The number of nitrogen functional groups attached to an aromatic ring is 1. The molecule has 2 rings (SSSR count). The van der Waals surface area contributed by atoms with E-state index in [2.05, 4.69) is 9.71 Å². The Morgan fingerprint density at radius 3 is 2.90 bits per heavy atom. The van der Waals surface area contributed by atoms with Crippen LogP contribution < -0.4 is 10.5 Å². The Kier molecular flexibility index (Phi) is 4.32. The van der Waals surface area contributed by atoms with Gasteiger partial charge in [-0.3, -0.25) is 0 Å².